The van der Waals surface area contributed by atoms with Crippen molar-refractivity contribution < 1.29 is 9.53 Å². The zero-order valence-electron chi connectivity index (χ0n) is 10.6. The molecule has 0 spiro atoms. The summed E-state index contributed by atoms with van der Waals surface area (Å²) < 4.78 is 7.12. The molecule has 1 aliphatic rings. The Hall–Kier alpha value is -0.590. The summed E-state index contributed by atoms with van der Waals surface area (Å²) in [7, 11) is 1.64. The summed E-state index contributed by atoms with van der Waals surface area (Å²) in [6, 6.07) is 4.32. The van der Waals surface area contributed by atoms with Crippen molar-refractivity contribution in [3.05, 3.63) is 26.6 Å². The van der Waals surface area contributed by atoms with Crippen LogP contribution in [0.4, 0.5) is 0 Å². The molecule has 0 aromatic heterocycles. The van der Waals surface area contributed by atoms with E-state index >= 15 is 0 Å². The highest BCUT2D eigenvalue weighted by Crippen LogP contribution is 2.34. The molecular weight excluding hydrogens is 376 g/mol. The van der Waals surface area contributed by atoms with Gasteiger partial charge in [0.2, 0.25) is 5.91 Å². The molecule has 1 atom stereocenters. The summed E-state index contributed by atoms with van der Waals surface area (Å²) in [4.78, 5) is 11.1. The molecule has 0 bridgehead atoms. The highest BCUT2D eigenvalue weighted by molar-refractivity contribution is 9.11. The molecule has 0 aliphatic carbocycles. The maximum atomic E-state index is 11.1. The van der Waals surface area contributed by atoms with E-state index in [1.54, 1.807) is 7.11 Å². The Balaban J connectivity index is 1.88. The van der Waals surface area contributed by atoms with Gasteiger partial charge >= 0.3 is 0 Å². The lowest BCUT2D eigenvalue weighted by Crippen LogP contribution is -2.35. The molecule has 1 heterocycles. The second-order valence-corrected chi connectivity index (χ2v) is 6.24. The number of amides is 1. The molecule has 19 heavy (non-hydrogen) atoms. The SMILES string of the molecule is COc1c(Br)cc(CNCC2CCC(=O)N2)cc1Br. The van der Waals surface area contributed by atoms with E-state index in [-0.39, 0.29) is 11.9 Å². The standard InChI is InChI=1S/C13H16Br2N2O2/c1-19-13-10(14)4-8(5-11(13)15)6-16-7-9-2-3-12(18)17-9/h4-5,9,16H,2-3,6-7H2,1H3,(H,17,18). The fraction of sp³-hybridized carbons (Fsp3) is 0.462. The van der Waals surface area contributed by atoms with Gasteiger partial charge in [0.05, 0.1) is 16.1 Å². The van der Waals surface area contributed by atoms with Gasteiger partial charge in [-0.1, -0.05) is 0 Å². The average Bonchev–Trinajstić information content (AvgIpc) is 2.75. The number of rotatable bonds is 5. The Labute approximate surface area is 129 Å². The zero-order valence-corrected chi connectivity index (χ0v) is 13.8. The summed E-state index contributed by atoms with van der Waals surface area (Å²) >= 11 is 6.97. The fourth-order valence-electron chi connectivity index (χ4n) is 2.13. The quantitative estimate of drug-likeness (QED) is 0.810. The third kappa shape index (κ3) is 3.94. The van der Waals surface area contributed by atoms with Crippen LogP contribution in [0.25, 0.3) is 0 Å². The van der Waals surface area contributed by atoms with Crippen LogP contribution in [0.3, 0.4) is 0 Å². The van der Waals surface area contributed by atoms with Crippen LogP contribution in [0.2, 0.25) is 0 Å². The number of carbonyl (C=O) groups excluding carboxylic acids is 1. The van der Waals surface area contributed by atoms with Gasteiger partial charge in [0.15, 0.2) is 0 Å². The molecule has 6 heteroatoms. The van der Waals surface area contributed by atoms with Crippen LogP contribution < -0.4 is 15.4 Å². The summed E-state index contributed by atoms with van der Waals surface area (Å²) in [5, 5.41) is 6.30. The second kappa shape index (κ2) is 6.72. The molecule has 1 aliphatic heterocycles. The van der Waals surface area contributed by atoms with Crippen LogP contribution in [-0.2, 0) is 11.3 Å². The van der Waals surface area contributed by atoms with E-state index in [1.165, 1.54) is 0 Å². The summed E-state index contributed by atoms with van der Waals surface area (Å²) in [6.07, 6.45) is 1.56. The van der Waals surface area contributed by atoms with Gasteiger partial charge < -0.3 is 15.4 Å². The van der Waals surface area contributed by atoms with Crippen molar-refractivity contribution in [2.24, 2.45) is 0 Å². The van der Waals surface area contributed by atoms with Gasteiger partial charge in [-0.15, -0.1) is 0 Å². The van der Waals surface area contributed by atoms with Crippen molar-refractivity contribution in [3.8, 4) is 5.75 Å². The molecule has 1 amide bonds. The topological polar surface area (TPSA) is 50.4 Å². The molecular formula is C13H16Br2N2O2. The lowest BCUT2D eigenvalue weighted by atomic mass is 10.2. The first-order chi connectivity index (χ1) is 9.10. The molecule has 1 saturated heterocycles. The molecule has 1 fully saturated rings. The van der Waals surface area contributed by atoms with Crippen molar-refractivity contribution in [1.82, 2.24) is 10.6 Å². The Morgan fingerprint density at radius 1 is 1.42 bits per heavy atom. The number of hydrogen-bond donors (Lipinski definition) is 2. The minimum atomic E-state index is 0.154. The van der Waals surface area contributed by atoms with Crippen LogP contribution in [0.15, 0.2) is 21.1 Å². The third-order valence-corrected chi connectivity index (χ3v) is 4.25. The van der Waals surface area contributed by atoms with Crippen molar-refractivity contribution in [2.75, 3.05) is 13.7 Å². The molecule has 2 N–H and O–H groups in total. The first-order valence-electron chi connectivity index (χ1n) is 6.12. The zero-order chi connectivity index (χ0) is 13.8. The van der Waals surface area contributed by atoms with E-state index in [2.05, 4.69) is 42.5 Å². The minimum absolute atomic E-state index is 0.154. The van der Waals surface area contributed by atoms with Crippen LogP contribution in [0, 0.1) is 0 Å². The molecule has 0 radical (unpaired) electrons. The van der Waals surface area contributed by atoms with E-state index in [1.807, 2.05) is 12.1 Å². The van der Waals surface area contributed by atoms with Gasteiger partial charge in [0.1, 0.15) is 5.75 Å². The van der Waals surface area contributed by atoms with Crippen molar-refractivity contribution in [2.45, 2.75) is 25.4 Å². The van der Waals surface area contributed by atoms with Gasteiger partial charge in [0.25, 0.3) is 0 Å². The summed E-state index contributed by atoms with van der Waals surface area (Å²) in [5.41, 5.74) is 1.16. The Bertz CT molecular complexity index is 457. The van der Waals surface area contributed by atoms with Crippen LogP contribution in [0.5, 0.6) is 5.75 Å². The second-order valence-electron chi connectivity index (χ2n) is 4.53. The first kappa shape index (κ1) is 14.8. The molecule has 0 saturated carbocycles. The predicted molar refractivity (Wildman–Crippen MR) is 81.3 cm³/mol. The normalized spacial score (nSPS) is 18.5. The van der Waals surface area contributed by atoms with Gasteiger partial charge in [-0.3, -0.25) is 4.79 Å². The third-order valence-electron chi connectivity index (χ3n) is 3.07. The van der Waals surface area contributed by atoms with E-state index in [0.29, 0.717) is 6.42 Å². The largest absolute Gasteiger partial charge is 0.494 e. The highest BCUT2D eigenvalue weighted by Gasteiger charge is 2.19. The number of ether oxygens (including phenoxy) is 1. The highest BCUT2D eigenvalue weighted by atomic mass is 79.9. The Kier molecular flexibility index (Phi) is 5.24. The van der Waals surface area contributed by atoms with Crippen molar-refractivity contribution in [3.63, 3.8) is 0 Å². The van der Waals surface area contributed by atoms with Gasteiger partial charge in [-0.25, -0.2) is 0 Å². The van der Waals surface area contributed by atoms with Gasteiger partial charge in [0, 0.05) is 25.6 Å². The summed E-state index contributed by atoms with van der Waals surface area (Å²) in [5.74, 6) is 0.952. The van der Waals surface area contributed by atoms with Crippen LogP contribution >= 0.6 is 31.9 Å². The van der Waals surface area contributed by atoms with Crippen LogP contribution in [-0.4, -0.2) is 25.6 Å². The van der Waals surface area contributed by atoms with E-state index in [0.717, 1.165) is 39.8 Å². The van der Waals surface area contributed by atoms with Crippen molar-refractivity contribution in [1.29, 1.82) is 0 Å². The Morgan fingerprint density at radius 2 is 2.11 bits per heavy atom. The van der Waals surface area contributed by atoms with Crippen LogP contribution in [0.1, 0.15) is 18.4 Å². The maximum Gasteiger partial charge on any atom is 0.220 e. The molecule has 1 unspecified atom stereocenters. The number of hydrogen-bond acceptors (Lipinski definition) is 3. The molecule has 1 aromatic rings. The molecule has 1 aromatic carbocycles. The fourth-order valence-corrected chi connectivity index (χ4v) is 3.74. The van der Waals surface area contributed by atoms with Crippen molar-refractivity contribution >= 4 is 37.8 Å². The number of halogens is 2. The number of carbonyl (C=O) groups is 1. The van der Waals surface area contributed by atoms with E-state index < -0.39 is 0 Å². The van der Waals surface area contributed by atoms with E-state index in [4.69, 9.17) is 4.74 Å². The maximum absolute atomic E-state index is 11.1. The molecule has 4 nitrogen and oxygen atoms in total. The Morgan fingerprint density at radius 3 is 2.63 bits per heavy atom. The number of methoxy groups -OCH3 is 1. The number of benzene rings is 1. The summed E-state index contributed by atoms with van der Waals surface area (Å²) in [6.45, 7) is 1.56. The predicted octanol–water partition coefficient (Wildman–Crippen LogP) is 2.59. The number of nitrogens with one attached hydrogen (secondary N) is 2. The van der Waals surface area contributed by atoms with E-state index in [9.17, 15) is 4.79 Å². The minimum Gasteiger partial charge on any atom is -0.494 e. The first-order valence-corrected chi connectivity index (χ1v) is 7.70. The molecule has 104 valence electrons. The lowest BCUT2D eigenvalue weighted by molar-refractivity contribution is -0.119. The smallest absolute Gasteiger partial charge is 0.220 e. The van der Waals surface area contributed by atoms with Gasteiger partial charge in [-0.2, -0.15) is 0 Å². The molecule has 2 rings (SSSR count). The van der Waals surface area contributed by atoms with Gasteiger partial charge in [-0.05, 0) is 56.0 Å². The average molecular weight is 392 g/mol. The monoisotopic (exact) mass is 390 g/mol. The lowest BCUT2D eigenvalue weighted by Gasteiger charge is -2.13.